The molecule has 2 N–H and O–H groups in total. The number of aryl methyl sites for hydroxylation is 2. The van der Waals surface area contributed by atoms with Gasteiger partial charge in [0.25, 0.3) is 0 Å². The molecule has 0 bridgehead atoms. The van der Waals surface area contributed by atoms with Gasteiger partial charge >= 0.3 is 6.03 Å². The lowest BCUT2D eigenvalue weighted by Gasteiger charge is -2.21. The first-order chi connectivity index (χ1) is 10.0. The van der Waals surface area contributed by atoms with E-state index in [0.717, 1.165) is 36.2 Å². The number of nitrogens with one attached hydrogen (secondary N) is 2. The fraction of sp³-hybridized carbons (Fsp3) is 0.733. The average molecular weight is 294 g/mol. The van der Waals surface area contributed by atoms with E-state index in [-0.39, 0.29) is 18.2 Å². The number of carbonyl (C=O) groups is 1. The third-order valence-corrected chi connectivity index (χ3v) is 4.07. The Morgan fingerprint density at radius 1 is 1.48 bits per heavy atom. The van der Waals surface area contributed by atoms with Crippen molar-refractivity contribution in [2.24, 2.45) is 7.05 Å². The summed E-state index contributed by atoms with van der Waals surface area (Å²) < 4.78 is 7.72. The summed E-state index contributed by atoms with van der Waals surface area (Å²) >= 11 is 0. The Morgan fingerprint density at radius 2 is 2.24 bits per heavy atom. The zero-order chi connectivity index (χ0) is 15.4. The van der Waals surface area contributed by atoms with E-state index < -0.39 is 0 Å². The fourth-order valence-corrected chi connectivity index (χ4v) is 2.82. The van der Waals surface area contributed by atoms with E-state index in [1.165, 1.54) is 0 Å². The van der Waals surface area contributed by atoms with Crippen molar-refractivity contribution in [2.75, 3.05) is 13.2 Å². The zero-order valence-electron chi connectivity index (χ0n) is 13.4. The van der Waals surface area contributed by atoms with E-state index in [9.17, 15) is 4.79 Å². The summed E-state index contributed by atoms with van der Waals surface area (Å²) in [6.45, 7) is 7.51. The van der Waals surface area contributed by atoms with Crippen molar-refractivity contribution in [3.63, 3.8) is 0 Å². The lowest BCUT2D eigenvalue weighted by molar-refractivity contribution is 0.0989. The summed E-state index contributed by atoms with van der Waals surface area (Å²) in [4.78, 5) is 11.9. The van der Waals surface area contributed by atoms with Crippen LogP contribution in [0.2, 0.25) is 0 Å². The molecule has 2 rings (SSSR count). The maximum Gasteiger partial charge on any atom is 0.315 e. The number of ether oxygens (including phenoxy) is 1. The van der Waals surface area contributed by atoms with E-state index in [0.29, 0.717) is 13.2 Å². The SMILES string of the molecule is CCCCNC(=O)N[C@@H]1CCO[C@H]1c1c(C)nn(C)c1C. The van der Waals surface area contributed by atoms with E-state index >= 15 is 0 Å². The summed E-state index contributed by atoms with van der Waals surface area (Å²) in [5, 5.41) is 10.4. The van der Waals surface area contributed by atoms with Gasteiger partial charge in [-0.3, -0.25) is 4.68 Å². The Morgan fingerprint density at radius 3 is 2.86 bits per heavy atom. The second-order valence-electron chi connectivity index (χ2n) is 5.65. The van der Waals surface area contributed by atoms with Gasteiger partial charge in [-0.15, -0.1) is 0 Å². The van der Waals surface area contributed by atoms with Crippen LogP contribution < -0.4 is 10.6 Å². The number of carbonyl (C=O) groups excluding carboxylic acids is 1. The van der Waals surface area contributed by atoms with Crippen LogP contribution in [0.3, 0.4) is 0 Å². The molecule has 21 heavy (non-hydrogen) atoms. The number of hydrogen-bond acceptors (Lipinski definition) is 3. The van der Waals surface area contributed by atoms with Crippen LogP contribution in [0.4, 0.5) is 4.79 Å². The zero-order valence-corrected chi connectivity index (χ0v) is 13.4. The Hall–Kier alpha value is -1.56. The molecular formula is C15H26N4O2. The molecule has 0 radical (unpaired) electrons. The Balaban J connectivity index is 2.02. The van der Waals surface area contributed by atoms with Crippen molar-refractivity contribution < 1.29 is 9.53 Å². The molecule has 1 aromatic heterocycles. The summed E-state index contributed by atoms with van der Waals surface area (Å²) in [6.07, 6.45) is 2.80. The van der Waals surface area contributed by atoms with E-state index in [1.807, 2.05) is 25.6 Å². The third-order valence-electron chi connectivity index (χ3n) is 4.07. The minimum Gasteiger partial charge on any atom is -0.371 e. The highest BCUT2D eigenvalue weighted by Crippen LogP contribution is 2.33. The molecule has 1 fully saturated rings. The molecule has 1 saturated heterocycles. The Labute approximate surface area is 126 Å². The van der Waals surface area contributed by atoms with Gasteiger partial charge in [-0.25, -0.2) is 4.79 Å². The van der Waals surface area contributed by atoms with E-state index in [2.05, 4.69) is 22.7 Å². The van der Waals surface area contributed by atoms with Crippen LogP contribution in [0.1, 0.15) is 49.2 Å². The van der Waals surface area contributed by atoms with Gasteiger partial charge in [0, 0.05) is 31.5 Å². The Bertz CT molecular complexity index is 498. The van der Waals surface area contributed by atoms with Gasteiger partial charge in [-0.05, 0) is 26.7 Å². The number of hydrogen-bond donors (Lipinski definition) is 2. The van der Waals surface area contributed by atoms with E-state index in [1.54, 1.807) is 0 Å². The largest absolute Gasteiger partial charge is 0.371 e. The number of amides is 2. The molecular weight excluding hydrogens is 268 g/mol. The van der Waals surface area contributed by atoms with Gasteiger partial charge < -0.3 is 15.4 Å². The number of aromatic nitrogens is 2. The molecule has 2 atom stereocenters. The number of rotatable bonds is 5. The monoisotopic (exact) mass is 294 g/mol. The molecule has 0 aromatic carbocycles. The molecule has 0 aliphatic carbocycles. The average Bonchev–Trinajstić information content (AvgIpc) is 2.96. The second-order valence-corrected chi connectivity index (χ2v) is 5.65. The maximum atomic E-state index is 11.9. The van der Waals surface area contributed by atoms with Crippen molar-refractivity contribution in [3.05, 3.63) is 17.0 Å². The molecule has 0 unspecified atom stereocenters. The fourth-order valence-electron chi connectivity index (χ4n) is 2.82. The molecule has 6 nitrogen and oxygen atoms in total. The molecule has 118 valence electrons. The molecule has 1 aliphatic heterocycles. The summed E-state index contributed by atoms with van der Waals surface area (Å²) in [6, 6.07) is -0.101. The highest BCUT2D eigenvalue weighted by atomic mass is 16.5. The van der Waals surface area contributed by atoms with Crippen LogP contribution in [0.15, 0.2) is 0 Å². The molecule has 1 aliphatic rings. The quantitative estimate of drug-likeness (QED) is 0.816. The molecule has 2 amide bonds. The van der Waals surface area contributed by atoms with Gasteiger partial charge in [0.05, 0.1) is 11.7 Å². The molecule has 6 heteroatoms. The van der Waals surface area contributed by atoms with Crippen LogP contribution in [0, 0.1) is 13.8 Å². The first kappa shape index (κ1) is 15.8. The standard InChI is InChI=1S/C15H26N4O2/c1-5-6-8-16-15(20)17-12-7-9-21-14(12)13-10(2)18-19(4)11(13)3/h12,14H,5-9H2,1-4H3,(H2,16,17,20)/t12-,14-/m1/s1. The van der Waals surface area contributed by atoms with Crippen LogP contribution >= 0.6 is 0 Å². The third kappa shape index (κ3) is 3.56. The smallest absolute Gasteiger partial charge is 0.315 e. The first-order valence-electron chi connectivity index (χ1n) is 7.70. The van der Waals surface area contributed by atoms with Crippen LogP contribution in [-0.4, -0.2) is 35.0 Å². The summed E-state index contributed by atoms with van der Waals surface area (Å²) in [7, 11) is 1.93. The van der Waals surface area contributed by atoms with Crippen molar-refractivity contribution in [1.29, 1.82) is 0 Å². The number of nitrogens with zero attached hydrogens (tertiary/aromatic N) is 2. The molecule has 1 aromatic rings. The predicted octanol–water partition coefficient (Wildman–Crippen LogP) is 1.97. The molecule has 2 heterocycles. The molecule has 0 spiro atoms. The van der Waals surface area contributed by atoms with Crippen LogP contribution in [0.25, 0.3) is 0 Å². The first-order valence-corrected chi connectivity index (χ1v) is 7.70. The van der Waals surface area contributed by atoms with Crippen molar-refractivity contribution in [1.82, 2.24) is 20.4 Å². The number of urea groups is 1. The second kappa shape index (κ2) is 6.93. The predicted molar refractivity (Wildman–Crippen MR) is 81.2 cm³/mol. The molecule has 0 saturated carbocycles. The van der Waals surface area contributed by atoms with Crippen molar-refractivity contribution >= 4 is 6.03 Å². The lowest BCUT2D eigenvalue weighted by atomic mass is 10.0. The van der Waals surface area contributed by atoms with Crippen LogP contribution in [0.5, 0.6) is 0 Å². The number of unbranched alkanes of at least 4 members (excludes halogenated alkanes) is 1. The topological polar surface area (TPSA) is 68.2 Å². The van der Waals surface area contributed by atoms with Crippen molar-refractivity contribution in [2.45, 2.75) is 52.2 Å². The normalized spacial score (nSPS) is 21.5. The van der Waals surface area contributed by atoms with Gasteiger partial charge in [-0.1, -0.05) is 13.3 Å². The van der Waals surface area contributed by atoms with Crippen molar-refractivity contribution in [3.8, 4) is 0 Å². The lowest BCUT2D eigenvalue weighted by Crippen LogP contribution is -2.43. The summed E-state index contributed by atoms with van der Waals surface area (Å²) in [5.74, 6) is 0. The van der Waals surface area contributed by atoms with Gasteiger partial charge in [0.15, 0.2) is 0 Å². The Kier molecular flexibility index (Phi) is 5.22. The highest BCUT2D eigenvalue weighted by Gasteiger charge is 2.34. The maximum absolute atomic E-state index is 11.9. The van der Waals surface area contributed by atoms with Gasteiger partial charge in [0.1, 0.15) is 6.10 Å². The summed E-state index contributed by atoms with van der Waals surface area (Å²) in [5.41, 5.74) is 3.17. The minimum atomic E-state index is -0.108. The van der Waals surface area contributed by atoms with Gasteiger partial charge in [-0.2, -0.15) is 5.10 Å². The minimum absolute atomic E-state index is 0.00762. The van der Waals surface area contributed by atoms with Crippen LogP contribution in [-0.2, 0) is 11.8 Å². The highest BCUT2D eigenvalue weighted by molar-refractivity contribution is 5.74. The van der Waals surface area contributed by atoms with Gasteiger partial charge in [0.2, 0.25) is 0 Å². The van der Waals surface area contributed by atoms with E-state index in [4.69, 9.17) is 4.74 Å².